The molecule has 0 fully saturated rings. The molecule has 2 aromatic carbocycles. The molecule has 0 unspecified atom stereocenters. The largest absolute Gasteiger partial charge is 0.497 e. The third-order valence-electron chi connectivity index (χ3n) is 5.52. The average Bonchev–Trinajstić information content (AvgIpc) is 2.79. The average molecular weight is 418 g/mol. The van der Waals surface area contributed by atoms with Gasteiger partial charge in [-0.2, -0.15) is 0 Å². The van der Waals surface area contributed by atoms with Gasteiger partial charge >= 0.3 is 6.03 Å². The zero-order valence-corrected chi connectivity index (χ0v) is 17.8. The number of aryl methyl sites for hydroxylation is 1. The van der Waals surface area contributed by atoms with Crippen LogP contribution < -0.4 is 15.6 Å². The van der Waals surface area contributed by atoms with Gasteiger partial charge in [0.05, 0.1) is 24.9 Å². The number of amides is 2. The number of carbonyl (C=O) groups is 1. The van der Waals surface area contributed by atoms with E-state index in [9.17, 15) is 9.59 Å². The van der Waals surface area contributed by atoms with Crippen LogP contribution in [0.3, 0.4) is 0 Å². The molecule has 2 N–H and O–H groups in total. The molecule has 3 aromatic rings. The van der Waals surface area contributed by atoms with Gasteiger partial charge in [0.2, 0.25) is 0 Å². The maximum atomic E-state index is 12.7. The van der Waals surface area contributed by atoms with Gasteiger partial charge in [0.25, 0.3) is 5.56 Å². The molecule has 1 aliphatic rings. The van der Waals surface area contributed by atoms with E-state index >= 15 is 0 Å². The lowest BCUT2D eigenvalue weighted by atomic mass is 10.1. The Morgan fingerprint density at radius 2 is 2.00 bits per heavy atom. The molecule has 0 radical (unpaired) electrons. The third-order valence-corrected chi connectivity index (χ3v) is 5.52. The fourth-order valence-corrected chi connectivity index (χ4v) is 3.74. The molecule has 0 saturated carbocycles. The van der Waals surface area contributed by atoms with E-state index in [0.29, 0.717) is 30.8 Å². The number of fused-ring (bicyclic) bond motifs is 1. The first-order valence-electron chi connectivity index (χ1n) is 10.4. The highest BCUT2D eigenvalue weighted by molar-refractivity contribution is 5.89. The highest BCUT2D eigenvalue weighted by Crippen LogP contribution is 2.18. The van der Waals surface area contributed by atoms with E-state index in [2.05, 4.69) is 22.2 Å². The normalized spacial score (nSPS) is 12.9. The smallest absolute Gasteiger partial charge is 0.322 e. The Labute approximate surface area is 181 Å². The summed E-state index contributed by atoms with van der Waals surface area (Å²) in [5.74, 6) is 1.42. The molecule has 2 amide bonds. The van der Waals surface area contributed by atoms with Crippen molar-refractivity contribution in [2.24, 2.45) is 0 Å². The maximum Gasteiger partial charge on any atom is 0.322 e. The summed E-state index contributed by atoms with van der Waals surface area (Å²) in [6, 6.07) is 15.3. The number of hydrogen-bond acceptors (Lipinski definition) is 4. The van der Waals surface area contributed by atoms with Crippen molar-refractivity contribution in [2.75, 3.05) is 19.0 Å². The number of urea groups is 1. The predicted molar refractivity (Wildman–Crippen MR) is 120 cm³/mol. The summed E-state index contributed by atoms with van der Waals surface area (Å²) in [7, 11) is 1.63. The second-order valence-corrected chi connectivity index (χ2v) is 7.62. The highest BCUT2D eigenvalue weighted by Gasteiger charge is 2.24. The van der Waals surface area contributed by atoms with Gasteiger partial charge in [-0.05, 0) is 41.8 Å². The van der Waals surface area contributed by atoms with E-state index in [1.54, 1.807) is 12.0 Å². The number of nitrogens with one attached hydrogen (secondary N) is 2. The first-order valence-corrected chi connectivity index (χ1v) is 10.4. The predicted octanol–water partition coefficient (Wildman–Crippen LogP) is 3.52. The molecule has 0 bridgehead atoms. The van der Waals surface area contributed by atoms with Crippen molar-refractivity contribution < 1.29 is 9.53 Å². The molecule has 7 heteroatoms. The fourth-order valence-electron chi connectivity index (χ4n) is 3.74. The van der Waals surface area contributed by atoms with E-state index in [4.69, 9.17) is 4.74 Å². The molecule has 0 atom stereocenters. The van der Waals surface area contributed by atoms with E-state index in [1.807, 2.05) is 48.5 Å². The number of rotatable bonds is 5. The number of ether oxygens (including phenoxy) is 1. The Kier molecular flexibility index (Phi) is 6.02. The number of aromatic nitrogens is 2. The molecule has 0 saturated heterocycles. The molecular formula is C24H26N4O3. The SMILES string of the molecule is CCc1cccc(NC(=O)N2CCc3nc(Cc4ccc(OC)cc4)[nH]c(=O)c3C2)c1. The number of carbonyl (C=O) groups excluding carboxylic acids is 1. The summed E-state index contributed by atoms with van der Waals surface area (Å²) in [5, 5.41) is 2.93. The summed E-state index contributed by atoms with van der Waals surface area (Å²) in [6.45, 7) is 2.84. The molecule has 0 aliphatic carbocycles. The minimum Gasteiger partial charge on any atom is -0.497 e. The van der Waals surface area contributed by atoms with Crippen molar-refractivity contribution in [3.63, 3.8) is 0 Å². The second kappa shape index (κ2) is 9.04. The first kappa shape index (κ1) is 20.7. The van der Waals surface area contributed by atoms with Crippen LogP contribution in [0.4, 0.5) is 10.5 Å². The zero-order chi connectivity index (χ0) is 21.8. The quantitative estimate of drug-likeness (QED) is 0.664. The van der Waals surface area contributed by atoms with Gasteiger partial charge in [0.15, 0.2) is 0 Å². The summed E-state index contributed by atoms with van der Waals surface area (Å²) in [4.78, 5) is 34.6. The van der Waals surface area contributed by atoms with Crippen molar-refractivity contribution in [3.8, 4) is 5.75 Å². The second-order valence-electron chi connectivity index (χ2n) is 7.62. The van der Waals surface area contributed by atoms with Crippen LogP contribution in [0.2, 0.25) is 0 Å². The minimum atomic E-state index is -0.208. The Morgan fingerprint density at radius 3 is 2.74 bits per heavy atom. The van der Waals surface area contributed by atoms with Crippen molar-refractivity contribution in [2.45, 2.75) is 32.7 Å². The topological polar surface area (TPSA) is 87.3 Å². The molecule has 7 nitrogen and oxygen atoms in total. The van der Waals surface area contributed by atoms with E-state index < -0.39 is 0 Å². The van der Waals surface area contributed by atoms with E-state index in [-0.39, 0.29) is 18.1 Å². The Morgan fingerprint density at radius 1 is 1.19 bits per heavy atom. The van der Waals surface area contributed by atoms with Gasteiger partial charge in [-0.1, -0.05) is 31.2 Å². The standard InChI is InChI=1S/C24H26N4O3/c1-3-16-5-4-6-18(13-16)25-24(30)28-12-11-21-20(15-28)23(29)27-22(26-21)14-17-7-9-19(31-2)10-8-17/h4-10,13H,3,11-12,14-15H2,1-2H3,(H,25,30)(H,26,27,29). The number of hydrogen-bond donors (Lipinski definition) is 2. The number of methoxy groups -OCH3 is 1. The molecule has 31 heavy (non-hydrogen) atoms. The van der Waals surface area contributed by atoms with Gasteiger partial charge in [-0.25, -0.2) is 9.78 Å². The highest BCUT2D eigenvalue weighted by atomic mass is 16.5. The molecule has 160 valence electrons. The minimum absolute atomic E-state index is 0.181. The Bertz CT molecular complexity index is 1140. The molecule has 1 aliphatic heterocycles. The lowest BCUT2D eigenvalue weighted by Gasteiger charge is -2.28. The van der Waals surface area contributed by atoms with Crippen LogP contribution in [-0.2, 0) is 25.8 Å². The number of nitrogens with zero attached hydrogens (tertiary/aromatic N) is 2. The van der Waals surface area contributed by atoms with Crippen molar-refractivity contribution in [1.82, 2.24) is 14.9 Å². The van der Waals surface area contributed by atoms with Crippen LogP contribution >= 0.6 is 0 Å². The summed E-state index contributed by atoms with van der Waals surface area (Å²) < 4.78 is 5.18. The van der Waals surface area contributed by atoms with Gasteiger partial charge in [0, 0.05) is 25.1 Å². The van der Waals surface area contributed by atoms with Crippen molar-refractivity contribution in [1.29, 1.82) is 0 Å². The van der Waals surface area contributed by atoms with E-state index in [0.717, 1.165) is 34.7 Å². The monoisotopic (exact) mass is 418 g/mol. The molecular weight excluding hydrogens is 392 g/mol. The van der Waals surface area contributed by atoms with Crippen LogP contribution in [0.5, 0.6) is 5.75 Å². The van der Waals surface area contributed by atoms with Crippen molar-refractivity contribution in [3.05, 3.63) is 87.1 Å². The van der Waals surface area contributed by atoms with Crippen LogP contribution in [0.25, 0.3) is 0 Å². The summed E-state index contributed by atoms with van der Waals surface area (Å²) >= 11 is 0. The summed E-state index contributed by atoms with van der Waals surface area (Å²) in [5.41, 5.74) is 4.10. The number of anilines is 1. The summed E-state index contributed by atoms with van der Waals surface area (Å²) in [6.07, 6.45) is 1.99. The van der Waals surface area contributed by atoms with Gasteiger partial charge < -0.3 is 19.9 Å². The van der Waals surface area contributed by atoms with Crippen LogP contribution in [0, 0.1) is 0 Å². The van der Waals surface area contributed by atoms with Crippen molar-refractivity contribution >= 4 is 11.7 Å². The Balaban J connectivity index is 1.46. The fraction of sp³-hybridized carbons (Fsp3) is 0.292. The number of benzene rings is 2. The van der Waals surface area contributed by atoms with Gasteiger partial charge in [-0.15, -0.1) is 0 Å². The zero-order valence-electron chi connectivity index (χ0n) is 17.8. The number of aromatic amines is 1. The van der Waals surface area contributed by atoms with Gasteiger partial charge in [0.1, 0.15) is 11.6 Å². The molecule has 4 rings (SSSR count). The third kappa shape index (κ3) is 4.77. The molecule has 0 spiro atoms. The lowest BCUT2D eigenvalue weighted by molar-refractivity contribution is 0.205. The van der Waals surface area contributed by atoms with Crippen LogP contribution in [0.1, 0.15) is 35.1 Å². The number of H-pyrrole nitrogens is 1. The van der Waals surface area contributed by atoms with E-state index in [1.165, 1.54) is 0 Å². The van der Waals surface area contributed by atoms with Gasteiger partial charge in [-0.3, -0.25) is 4.79 Å². The Hall–Kier alpha value is -3.61. The van der Waals surface area contributed by atoms with Crippen LogP contribution in [-0.4, -0.2) is 34.6 Å². The lowest BCUT2D eigenvalue weighted by Crippen LogP contribution is -2.42. The molecule has 2 heterocycles. The first-order chi connectivity index (χ1) is 15.1. The molecule has 1 aromatic heterocycles. The van der Waals surface area contributed by atoms with Crippen LogP contribution in [0.15, 0.2) is 53.3 Å². The maximum absolute atomic E-state index is 12.7.